The highest BCUT2D eigenvalue weighted by Crippen LogP contribution is 2.56. The molecule has 1 aliphatic rings. The Morgan fingerprint density at radius 3 is 2.32 bits per heavy atom. The molecule has 0 radical (unpaired) electrons. The molecule has 0 bridgehead atoms. The van der Waals surface area contributed by atoms with Crippen LogP contribution < -0.4 is 0 Å². The van der Waals surface area contributed by atoms with Gasteiger partial charge in [-0.1, -0.05) is 48.5 Å². The third-order valence-corrected chi connectivity index (χ3v) is 4.09. The van der Waals surface area contributed by atoms with Gasteiger partial charge in [0.05, 0.1) is 4.92 Å². The first kappa shape index (κ1) is 14.1. The van der Waals surface area contributed by atoms with Crippen LogP contribution in [0.2, 0.25) is 0 Å². The fourth-order valence-electron chi connectivity index (χ4n) is 2.97. The third-order valence-electron chi connectivity index (χ3n) is 4.09. The number of carbonyl (C=O) groups is 2. The Labute approximate surface area is 126 Å². The molecule has 1 saturated carbocycles. The molecule has 22 heavy (non-hydrogen) atoms. The lowest BCUT2D eigenvalue weighted by Gasteiger charge is -2.02. The summed E-state index contributed by atoms with van der Waals surface area (Å²) in [5, 5.41) is 11.1. The molecule has 1 aliphatic carbocycles. The minimum absolute atomic E-state index is 0.0392. The van der Waals surface area contributed by atoms with Crippen molar-refractivity contribution >= 4 is 17.8 Å². The van der Waals surface area contributed by atoms with Crippen LogP contribution in [0.1, 0.15) is 21.8 Å². The van der Waals surface area contributed by atoms with Crippen molar-refractivity contribution in [1.29, 1.82) is 0 Å². The number of benzene rings is 2. The van der Waals surface area contributed by atoms with E-state index in [1.54, 1.807) is 48.5 Å². The van der Waals surface area contributed by atoms with E-state index in [1.807, 2.05) is 0 Å². The van der Waals surface area contributed by atoms with Crippen LogP contribution in [0.3, 0.4) is 0 Å². The van der Waals surface area contributed by atoms with Crippen molar-refractivity contribution in [2.45, 2.75) is 5.92 Å². The van der Waals surface area contributed by atoms with Gasteiger partial charge in [0.2, 0.25) is 0 Å². The molecule has 2 aromatic rings. The lowest BCUT2D eigenvalue weighted by atomic mass is 10.0. The average molecular weight is 295 g/mol. The molecule has 0 aliphatic heterocycles. The molecular weight excluding hydrogens is 282 g/mol. The van der Waals surface area contributed by atoms with Crippen LogP contribution in [0, 0.1) is 22.0 Å². The molecule has 0 amide bonds. The highest BCUT2D eigenvalue weighted by Gasteiger charge is 2.57. The molecule has 0 spiro atoms. The Bertz CT molecular complexity index is 741. The number of ketones is 1. The Balaban J connectivity index is 1.95. The minimum Gasteiger partial charge on any atom is -0.303 e. The molecule has 110 valence electrons. The molecular formula is C17H13NO4. The average Bonchev–Trinajstić information content (AvgIpc) is 3.29. The first-order valence-electron chi connectivity index (χ1n) is 6.93. The van der Waals surface area contributed by atoms with Crippen LogP contribution >= 0.6 is 0 Å². The summed E-state index contributed by atoms with van der Waals surface area (Å²) in [5.41, 5.74) is 0.946. The van der Waals surface area contributed by atoms with E-state index < -0.39 is 22.7 Å². The van der Waals surface area contributed by atoms with Gasteiger partial charge in [0.25, 0.3) is 5.69 Å². The molecule has 2 aromatic carbocycles. The second kappa shape index (κ2) is 5.52. The largest absolute Gasteiger partial charge is 0.303 e. The van der Waals surface area contributed by atoms with Gasteiger partial charge in [0.1, 0.15) is 6.29 Å². The maximum atomic E-state index is 12.5. The van der Waals surface area contributed by atoms with E-state index in [9.17, 15) is 19.7 Å². The number of aldehydes is 1. The smallest absolute Gasteiger partial charge is 0.272 e. The van der Waals surface area contributed by atoms with E-state index in [1.165, 1.54) is 6.07 Å². The number of para-hydroxylation sites is 1. The van der Waals surface area contributed by atoms with E-state index >= 15 is 0 Å². The van der Waals surface area contributed by atoms with Gasteiger partial charge >= 0.3 is 0 Å². The molecule has 0 aromatic heterocycles. The topological polar surface area (TPSA) is 77.3 Å². The predicted molar refractivity (Wildman–Crippen MR) is 79.7 cm³/mol. The standard InChI is InChI=1S/C17H13NO4/c19-10-13-15(12-8-4-5-9-14(12)18(21)22)16(13)17(20)11-6-2-1-3-7-11/h1-10,13,15-16H/t13-,15-,16-/m1/s1. The van der Waals surface area contributed by atoms with Crippen molar-refractivity contribution in [3.8, 4) is 0 Å². The number of Topliss-reactive ketones (excluding diaryl/α,β-unsaturated/α-hetero) is 1. The highest BCUT2D eigenvalue weighted by molar-refractivity contribution is 6.03. The predicted octanol–water partition coefficient (Wildman–Crippen LogP) is 3.01. The summed E-state index contributed by atoms with van der Waals surface area (Å²) < 4.78 is 0. The molecule has 1 fully saturated rings. The number of nitrogens with zero attached hydrogens (tertiary/aromatic N) is 1. The number of nitro groups is 1. The molecule has 5 heteroatoms. The quantitative estimate of drug-likeness (QED) is 0.367. The zero-order valence-electron chi connectivity index (χ0n) is 11.6. The van der Waals surface area contributed by atoms with Crippen LogP contribution in [0.4, 0.5) is 5.69 Å². The monoisotopic (exact) mass is 295 g/mol. The maximum Gasteiger partial charge on any atom is 0.272 e. The summed E-state index contributed by atoms with van der Waals surface area (Å²) in [6.45, 7) is 0. The van der Waals surface area contributed by atoms with Crippen molar-refractivity contribution in [3.05, 3.63) is 75.8 Å². The Morgan fingerprint density at radius 2 is 1.68 bits per heavy atom. The lowest BCUT2D eigenvalue weighted by molar-refractivity contribution is -0.385. The SMILES string of the molecule is O=C[C@H]1[C@@H](C(=O)c2ccccc2)[C@@H]1c1ccccc1[N+](=O)[O-]. The first-order valence-corrected chi connectivity index (χ1v) is 6.93. The van der Waals surface area contributed by atoms with Crippen molar-refractivity contribution in [2.24, 2.45) is 11.8 Å². The molecule has 0 N–H and O–H groups in total. The fourth-order valence-corrected chi connectivity index (χ4v) is 2.97. The molecule has 3 rings (SSSR count). The van der Waals surface area contributed by atoms with E-state index in [0.717, 1.165) is 6.29 Å². The maximum absolute atomic E-state index is 12.5. The summed E-state index contributed by atoms with van der Waals surface area (Å²) in [6, 6.07) is 15.0. The van der Waals surface area contributed by atoms with Crippen LogP contribution in [0.25, 0.3) is 0 Å². The second-order valence-corrected chi connectivity index (χ2v) is 5.31. The van der Waals surface area contributed by atoms with Gasteiger partial charge in [-0.25, -0.2) is 0 Å². The summed E-state index contributed by atoms with van der Waals surface area (Å²) in [6.07, 6.45) is 0.729. The third kappa shape index (κ3) is 2.30. The van der Waals surface area contributed by atoms with Gasteiger partial charge in [-0.05, 0) is 0 Å². The molecule has 0 unspecified atom stereocenters. The number of hydrogen-bond acceptors (Lipinski definition) is 4. The Kier molecular flexibility index (Phi) is 3.55. The minimum atomic E-state index is -0.513. The highest BCUT2D eigenvalue weighted by atomic mass is 16.6. The fraction of sp³-hybridized carbons (Fsp3) is 0.176. The summed E-state index contributed by atoms with van der Waals surface area (Å²) >= 11 is 0. The molecule has 3 atom stereocenters. The van der Waals surface area contributed by atoms with Crippen molar-refractivity contribution in [3.63, 3.8) is 0 Å². The van der Waals surface area contributed by atoms with Crippen LogP contribution in [-0.4, -0.2) is 17.0 Å². The van der Waals surface area contributed by atoms with Crippen LogP contribution in [-0.2, 0) is 4.79 Å². The van der Waals surface area contributed by atoms with Crippen molar-refractivity contribution in [1.82, 2.24) is 0 Å². The van der Waals surface area contributed by atoms with Crippen LogP contribution in [0.15, 0.2) is 54.6 Å². The van der Waals surface area contributed by atoms with E-state index in [-0.39, 0.29) is 11.5 Å². The molecule has 5 nitrogen and oxygen atoms in total. The summed E-state index contributed by atoms with van der Waals surface area (Å²) in [4.78, 5) is 34.4. The van der Waals surface area contributed by atoms with Gasteiger partial charge in [0.15, 0.2) is 5.78 Å². The molecule has 0 heterocycles. The lowest BCUT2D eigenvalue weighted by Crippen LogP contribution is -2.04. The van der Waals surface area contributed by atoms with Gasteiger partial charge in [-0.3, -0.25) is 14.9 Å². The van der Waals surface area contributed by atoms with Crippen LogP contribution in [0.5, 0.6) is 0 Å². The Hall–Kier alpha value is -2.82. The van der Waals surface area contributed by atoms with E-state index in [0.29, 0.717) is 11.1 Å². The zero-order valence-corrected chi connectivity index (χ0v) is 11.6. The normalized spacial score (nSPS) is 22.8. The number of carbonyl (C=O) groups excluding carboxylic acids is 2. The Morgan fingerprint density at radius 1 is 1.05 bits per heavy atom. The molecule has 0 saturated heterocycles. The van der Waals surface area contributed by atoms with E-state index in [2.05, 4.69) is 0 Å². The zero-order chi connectivity index (χ0) is 15.7. The van der Waals surface area contributed by atoms with Gasteiger partial charge < -0.3 is 4.79 Å². The second-order valence-electron chi connectivity index (χ2n) is 5.31. The van der Waals surface area contributed by atoms with Crippen molar-refractivity contribution < 1.29 is 14.5 Å². The van der Waals surface area contributed by atoms with Gasteiger partial charge in [-0.15, -0.1) is 0 Å². The number of hydrogen-bond donors (Lipinski definition) is 0. The number of nitro benzene ring substituents is 1. The summed E-state index contributed by atoms with van der Waals surface area (Å²) in [7, 11) is 0. The van der Waals surface area contributed by atoms with E-state index in [4.69, 9.17) is 0 Å². The van der Waals surface area contributed by atoms with Crippen molar-refractivity contribution in [2.75, 3.05) is 0 Å². The first-order chi connectivity index (χ1) is 10.6. The summed E-state index contributed by atoms with van der Waals surface area (Å²) in [5.74, 6) is -1.55. The number of rotatable bonds is 5. The van der Waals surface area contributed by atoms with Gasteiger partial charge in [0, 0.05) is 34.9 Å². The van der Waals surface area contributed by atoms with Gasteiger partial charge in [-0.2, -0.15) is 0 Å².